The van der Waals surface area contributed by atoms with Crippen LogP contribution < -0.4 is 9.47 Å². The summed E-state index contributed by atoms with van der Waals surface area (Å²) in [6.07, 6.45) is 4.90. The van der Waals surface area contributed by atoms with E-state index in [-0.39, 0.29) is 16.9 Å². The Labute approximate surface area is 209 Å². The van der Waals surface area contributed by atoms with E-state index in [1.54, 1.807) is 6.08 Å². The number of aromatic carboxylic acids is 1. The average molecular weight is 482 g/mol. The highest BCUT2D eigenvalue weighted by molar-refractivity contribution is 6.09. The minimum atomic E-state index is -1.09. The summed E-state index contributed by atoms with van der Waals surface area (Å²) in [6, 6.07) is 23.6. The number of ketones is 1. The quantitative estimate of drug-likeness (QED) is 0.148. The molecular formula is C30H27NO5. The van der Waals surface area contributed by atoms with E-state index >= 15 is 0 Å². The number of ether oxygens (including phenoxy) is 2. The van der Waals surface area contributed by atoms with Crippen LogP contribution in [0.4, 0.5) is 0 Å². The molecule has 0 radical (unpaired) electrons. The van der Waals surface area contributed by atoms with E-state index < -0.39 is 5.97 Å². The fraction of sp³-hybridized carbons (Fsp3) is 0.167. The van der Waals surface area contributed by atoms with Gasteiger partial charge in [-0.1, -0.05) is 55.8 Å². The van der Waals surface area contributed by atoms with Gasteiger partial charge in [0.1, 0.15) is 18.1 Å². The van der Waals surface area contributed by atoms with E-state index in [4.69, 9.17) is 9.47 Å². The van der Waals surface area contributed by atoms with Crippen molar-refractivity contribution in [3.63, 3.8) is 0 Å². The third kappa shape index (κ3) is 6.36. The maximum absolute atomic E-state index is 12.9. The Kier molecular flexibility index (Phi) is 8.08. The van der Waals surface area contributed by atoms with Crippen molar-refractivity contribution < 1.29 is 24.2 Å². The number of aromatic nitrogens is 1. The molecule has 0 unspecified atom stereocenters. The van der Waals surface area contributed by atoms with Crippen molar-refractivity contribution >= 4 is 28.7 Å². The number of hydrogen-bond donors (Lipinski definition) is 1. The highest BCUT2D eigenvalue weighted by atomic mass is 16.5. The van der Waals surface area contributed by atoms with E-state index in [2.05, 4.69) is 4.98 Å². The molecule has 0 spiro atoms. The summed E-state index contributed by atoms with van der Waals surface area (Å²) in [5, 5.41) is 10.4. The van der Waals surface area contributed by atoms with Gasteiger partial charge in [-0.3, -0.25) is 4.79 Å². The van der Waals surface area contributed by atoms with Gasteiger partial charge in [-0.25, -0.2) is 9.78 Å². The summed E-state index contributed by atoms with van der Waals surface area (Å²) < 4.78 is 11.6. The number of hydrogen-bond acceptors (Lipinski definition) is 5. The molecule has 0 amide bonds. The Morgan fingerprint density at radius 1 is 0.944 bits per heavy atom. The number of carbonyl (C=O) groups is 2. The second-order valence-electron chi connectivity index (χ2n) is 8.27. The first-order chi connectivity index (χ1) is 17.5. The van der Waals surface area contributed by atoms with E-state index in [1.807, 2.05) is 67.6 Å². The number of allylic oxidation sites excluding steroid dienone is 1. The van der Waals surface area contributed by atoms with Gasteiger partial charge in [-0.15, -0.1) is 0 Å². The number of nitrogens with zero attached hydrogens (tertiary/aromatic N) is 1. The first kappa shape index (κ1) is 24.7. The number of benzene rings is 3. The maximum Gasteiger partial charge on any atom is 0.335 e. The Balaban J connectivity index is 1.41. The number of rotatable bonds is 11. The van der Waals surface area contributed by atoms with Crippen molar-refractivity contribution in [2.24, 2.45) is 0 Å². The minimum absolute atomic E-state index is 0.0389. The minimum Gasteiger partial charge on any atom is -0.493 e. The molecule has 4 rings (SSSR count). The maximum atomic E-state index is 12.9. The van der Waals surface area contributed by atoms with Crippen LogP contribution in [0.3, 0.4) is 0 Å². The topological polar surface area (TPSA) is 85.7 Å². The van der Waals surface area contributed by atoms with Gasteiger partial charge in [-0.05, 0) is 60.5 Å². The van der Waals surface area contributed by atoms with Crippen LogP contribution >= 0.6 is 0 Å². The van der Waals surface area contributed by atoms with Crippen LogP contribution in [0, 0.1) is 0 Å². The highest BCUT2D eigenvalue weighted by Crippen LogP contribution is 2.23. The van der Waals surface area contributed by atoms with E-state index in [9.17, 15) is 14.7 Å². The predicted molar refractivity (Wildman–Crippen MR) is 140 cm³/mol. The molecule has 36 heavy (non-hydrogen) atoms. The van der Waals surface area contributed by atoms with Gasteiger partial charge in [0.05, 0.1) is 28.9 Å². The molecule has 0 aliphatic heterocycles. The fourth-order valence-corrected chi connectivity index (χ4v) is 3.59. The summed E-state index contributed by atoms with van der Waals surface area (Å²) in [5.41, 5.74) is 2.84. The number of unbranched alkanes of at least 4 members (excludes halogenated alkanes) is 1. The van der Waals surface area contributed by atoms with Crippen LogP contribution in [0.5, 0.6) is 11.5 Å². The molecule has 182 valence electrons. The molecule has 4 aromatic rings. The lowest BCUT2D eigenvalue weighted by Crippen LogP contribution is -2.06. The van der Waals surface area contributed by atoms with Crippen molar-refractivity contribution in [3.05, 3.63) is 107 Å². The summed E-state index contributed by atoms with van der Waals surface area (Å²) in [6.45, 7) is 2.85. The first-order valence-corrected chi connectivity index (χ1v) is 11.8. The molecule has 0 fully saturated rings. The van der Waals surface area contributed by atoms with Crippen molar-refractivity contribution in [2.75, 3.05) is 6.61 Å². The summed E-state index contributed by atoms with van der Waals surface area (Å²) in [5.74, 6) is -0.349. The van der Waals surface area contributed by atoms with Crippen LogP contribution in [0.2, 0.25) is 0 Å². The Bertz CT molecular complexity index is 1390. The number of para-hydroxylation sites is 1. The van der Waals surface area contributed by atoms with Gasteiger partial charge >= 0.3 is 5.97 Å². The fourth-order valence-electron chi connectivity index (χ4n) is 3.59. The second kappa shape index (κ2) is 11.8. The molecule has 0 saturated carbocycles. The van der Waals surface area contributed by atoms with Crippen LogP contribution in [-0.4, -0.2) is 28.4 Å². The van der Waals surface area contributed by atoms with Crippen LogP contribution in [0.15, 0.2) is 84.9 Å². The third-order valence-corrected chi connectivity index (χ3v) is 5.60. The van der Waals surface area contributed by atoms with Gasteiger partial charge in [0, 0.05) is 5.39 Å². The van der Waals surface area contributed by atoms with Gasteiger partial charge in [0.25, 0.3) is 0 Å². The molecule has 0 aliphatic carbocycles. The number of carboxylic acid groups (broad SMARTS) is 1. The smallest absolute Gasteiger partial charge is 0.335 e. The lowest BCUT2D eigenvalue weighted by atomic mass is 10.0. The van der Waals surface area contributed by atoms with Crippen molar-refractivity contribution in [2.45, 2.75) is 26.4 Å². The molecule has 0 bridgehead atoms. The molecule has 0 saturated heterocycles. The molecular weight excluding hydrogens is 454 g/mol. The van der Waals surface area contributed by atoms with Gasteiger partial charge in [-0.2, -0.15) is 0 Å². The number of carbonyl (C=O) groups excluding carboxylic acids is 1. The normalized spacial score (nSPS) is 11.0. The van der Waals surface area contributed by atoms with E-state index in [0.717, 1.165) is 35.0 Å². The molecule has 0 atom stereocenters. The number of fused-ring (bicyclic) bond motifs is 1. The van der Waals surface area contributed by atoms with Gasteiger partial charge in [0.2, 0.25) is 0 Å². The number of carboxylic acids is 1. The molecule has 1 heterocycles. The standard InChI is InChI=1S/C30H27NO5/c1-2-3-18-35-29-17-12-23(30(33)34)19-26(29)28(32)16-10-21-8-14-25(15-9-21)36-20-24-13-11-22-6-4-5-7-27(22)31-24/h4-17,19H,2-3,18,20H2,1H3,(H,33,34). The van der Waals surface area contributed by atoms with Gasteiger partial charge < -0.3 is 14.6 Å². The molecule has 6 nitrogen and oxygen atoms in total. The third-order valence-electron chi connectivity index (χ3n) is 5.60. The van der Waals surface area contributed by atoms with Crippen molar-refractivity contribution in [3.8, 4) is 11.5 Å². The predicted octanol–water partition coefficient (Wildman–Crippen LogP) is 6.59. The molecule has 1 aromatic heterocycles. The van der Waals surface area contributed by atoms with Crippen LogP contribution in [0.1, 0.15) is 51.7 Å². The SMILES string of the molecule is CCCCOc1ccc(C(=O)O)cc1C(=O)C=Cc1ccc(OCc2ccc3ccccc3n2)cc1. The molecule has 3 aromatic carbocycles. The Morgan fingerprint density at radius 3 is 2.53 bits per heavy atom. The van der Waals surface area contributed by atoms with E-state index in [0.29, 0.717) is 24.7 Å². The highest BCUT2D eigenvalue weighted by Gasteiger charge is 2.14. The van der Waals surface area contributed by atoms with Crippen molar-refractivity contribution in [1.82, 2.24) is 4.98 Å². The Hall–Kier alpha value is -4.45. The molecule has 6 heteroatoms. The zero-order valence-electron chi connectivity index (χ0n) is 20.0. The van der Waals surface area contributed by atoms with Crippen molar-refractivity contribution in [1.29, 1.82) is 0 Å². The summed E-state index contributed by atoms with van der Waals surface area (Å²) in [7, 11) is 0. The monoisotopic (exact) mass is 481 g/mol. The zero-order valence-corrected chi connectivity index (χ0v) is 20.0. The average Bonchev–Trinajstić information content (AvgIpc) is 2.91. The van der Waals surface area contributed by atoms with E-state index in [1.165, 1.54) is 24.3 Å². The lowest BCUT2D eigenvalue weighted by Gasteiger charge is -2.10. The first-order valence-electron chi connectivity index (χ1n) is 11.8. The van der Waals surface area contributed by atoms with Gasteiger partial charge in [0.15, 0.2) is 5.78 Å². The Morgan fingerprint density at radius 2 is 1.75 bits per heavy atom. The molecule has 0 aliphatic rings. The largest absolute Gasteiger partial charge is 0.493 e. The summed E-state index contributed by atoms with van der Waals surface area (Å²) >= 11 is 0. The molecule has 1 N–H and O–H groups in total. The van der Waals surface area contributed by atoms with Crippen LogP contribution in [0.25, 0.3) is 17.0 Å². The lowest BCUT2D eigenvalue weighted by molar-refractivity contribution is 0.0697. The number of pyridine rings is 1. The summed E-state index contributed by atoms with van der Waals surface area (Å²) in [4.78, 5) is 28.9. The van der Waals surface area contributed by atoms with Crippen LogP contribution in [-0.2, 0) is 6.61 Å². The zero-order chi connectivity index (χ0) is 25.3. The second-order valence-corrected chi connectivity index (χ2v) is 8.27.